The Balaban J connectivity index is 2.55. The second kappa shape index (κ2) is 4.63. The normalized spacial score (nSPS) is 23.2. The maximum Gasteiger partial charge on any atom is 0.165 e. The third-order valence-corrected chi connectivity index (χ3v) is 3.41. The molecule has 0 fully saturated rings. The average molecular weight is 297 g/mol. The van der Waals surface area contributed by atoms with Crippen molar-refractivity contribution in [3.63, 3.8) is 0 Å². The molecule has 90 valence electrons. The fourth-order valence-corrected chi connectivity index (χ4v) is 2.73. The van der Waals surface area contributed by atoms with Crippen LogP contribution in [0.25, 0.3) is 0 Å². The van der Waals surface area contributed by atoms with Crippen molar-refractivity contribution in [3.05, 3.63) is 39.9 Å². The molecule has 2 unspecified atom stereocenters. The van der Waals surface area contributed by atoms with E-state index in [1.807, 2.05) is 13.0 Å². The Morgan fingerprint density at radius 1 is 1.41 bits per heavy atom. The Hall–Kier alpha value is -1.13. The quantitative estimate of drug-likeness (QED) is 0.911. The summed E-state index contributed by atoms with van der Waals surface area (Å²) in [6.45, 7) is 1.90. The van der Waals surface area contributed by atoms with Gasteiger partial charge in [-0.2, -0.15) is 0 Å². The van der Waals surface area contributed by atoms with Gasteiger partial charge in [-0.1, -0.05) is 22.0 Å². The first-order valence-corrected chi connectivity index (χ1v) is 6.08. The smallest absolute Gasteiger partial charge is 0.165 e. The Bertz CT molecular complexity index is 494. The van der Waals surface area contributed by atoms with Gasteiger partial charge in [0, 0.05) is 10.0 Å². The number of ketones is 1. The monoisotopic (exact) mass is 296 g/mol. The topological polar surface area (TPSA) is 46.5 Å². The Morgan fingerprint density at radius 2 is 2.12 bits per heavy atom. The minimum absolute atomic E-state index is 0.0822. The number of aryl methyl sites for hydroxylation is 1. The summed E-state index contributed by atoms with van der Waals surface area (Å²) in [5.74, 6) is -0.00255. The molecule has 1 aromatic rings. The van der Waals surface area contributed by atoms with Crippen LogP contribution in [0.15, 0.2) is 28.8 Å². The summed E-state index contributed by atoms with van der Waals surface area (Å²) in [4.78, 5) is 11.8. The molecule has 17 heavy (non-hydrogen) atoms. The summed E-state index contributed by atoms with van der Waals surface area (Å²) >= 11 is 3.38. The number of carbonyl (C=O) groups is 1. The van der Waals surface area contributed by atoms with Crippen molar-refractivity contribution in [1.82, 2.24) is 0 Å². The molecule has 0 aliphatic heterocycles. The van der Waals surface area contributed by atoms with Crippen molar-refractivity contribution in [1.29, 1.82) is 0 Å². The summed E-state index contributed by atoms with van der Waals surface area (Å²) in [7, 11) is 1.56. The highest BCUT2D eigenvalue weighted by Gasteiger charge is 2.33. The molecule has 1 aliphatic carbocycles. The summed E-state index contributed by atoms with van der Waals surface area (Å²) in [6, 6.07) is 3.72. The van der Waals surface area contributed by atoms with Crippen LogP contribution in [0.4, 0.5) is 0 Å². The first kappa shape index (κ1) is 12.3. The van der Waals surface area contributed by atoms with Gasteiger partial charge < -0.3 is 9.84 Å². The lowest BCUT2D eigenvalue weighted by atomic mass is 9.89. The number of rotatable bonds is 2. The van der Waals surface area contributed by atoms with Crippen LogP contribution in [0.2, 0.25) is 0 Å². The standard InChI is InChI=1S/C13H13BrO3/c1-7-5-8(14)6-11(17-2)12(7)13-9(15)3-4-10(13)16/h3-6,9,13,15H,1-2H3. The molecule has 2 atom stereocenters. The van der Waals surface area contributed by atoms with Gasteiger partial charge in [-0.05, 0) is 30.7 Å². The van der Waals surface area contributed by atoms with Crippen molar-refractivity contribution in [2.24, 2.45) is 0 Å². The third kappa shape index (κ3) is 2.15. The van der Waals surface area contributed by atoms with E-state index in [1.165, 1.54) is 12.2 Å². The molecule has 0 saturated carbocycles. The van der Waals surface area contributed by atoms with E-state index in [4.69, 9.17) is 4.74 Å². The number of carbonyl (C=O) groups excluding carboxylic acids is 1. The van der Waals surface area contributed by atoms with Crippen LogP contribution in [-0.2, 0) is 4.79 Å². The average Bonchev–Trinajstić information content (AvgIpc) is 2.59. The molecule has 0 heterocycles. The van der Waals surface area contributed by atoms with E-state index >= 15 is 0 Å². The number of ether oxygens (including phenoxy) is 1. The molecule has 0 spiro atoms. The molecular weight excluding hydrogens is 284 g/mol. The summed E-state index contributed by atoms with van der Waals surface area (Å²) in [6.07, 6.45) is 2.18. The number of hydrogen-bond donors (Lipinski definition) is 1. The predicted molar refractivity (Wildman–Crippen MR) is 68.3 cm³/mol. The molecule has 0 amide bonds. The number of halogens is 1. The second-order valence-electron chi connectivity index (χ2n) is 4.07. The SMILES string of the molecule is COc1cc(Br)cc(C)c1C1C(=O)C=CC1O. The third-order valence-electron chi connectivity index (χ3n) is 2.95. The molecule has 1 aliphatic rings. The minimum Gasteiger partial charge on any atom is -0.496 e. The summed E-state index contributed by atoms with van der Waals surface area (Å²) in [5, 5.41) is 9.85. The van der Waals surface area contributed by atoms with Crippen LogP contribution in [0, 0.1) is 6.92 Å². The van der Waals surface area contributed by atoms with E-state index in [9.17, 15) is 9.90 Å². The number of aliphatic hydroxyl groups excluding tert-OH is 1. The molecule has 2 rings (SSSR count). The van der Waals surface area contributed by atoms with Gasteiger partial charge >= 0.3 is 0 Å². The van der Waals surface area contributed by atoms with Crippen molar-refractivity contribution in [2.75, 3.05) is 7.11 Å². The molecule has 0 aromatic heterocycles. The summed E-state index contributed by atoms with van der Waals surface area (Å²) in [5.41, 5.74) is 1.69. The molecule has 3 nitrogen and oxygen atoms in total. The lowest BCUT2D eigenvalue weighted by Crippen LogP contribution is -2.19. The highest BCUT2D eigenvalue weighted by Crippen LogP contribution is 2.37. The maximum absolute atomic E-state index is 11.8. The zero-order chi connectivity index (χ0) is 12.6. The maximum atomic E-state index is 11.8. The highest BCUT2D eigenvalue weighted by molar-refractivity contribution is 9.10. The molecular formula is C13H13BrO3. The first-order valence-electron chi connectivity index (χ1n) is 5.28. The minimum atomic E-state index is -0.767. The van der Waals surface area contributed by atoms with Crippen LogP contribution in [-0.4, -0.2) is 24.1 Å². The van der Waals surface area contributed by atoms with Crippen LogP contribution in [0.5, 0.6) is 5.75 Å². The van der Waals surface area contributed by atoms with E-state index in [-0.39, 0.29) is 5.78 Å². The van der Waals surface area contributed by atoms with Crippen LogP contribution in [0.1, 0.15) is 17.0 Å². The van der Waals surface area contributed by atoms with Gasteiger partial charge in [-0.25, -0.2) is 0 Å². The number of benzene rings is 1. The van der Waals surface area contributed by atoms with Crippen molar-refractivity contribution in [2.45, 2.75) is 18.9 Å². The van der Waals surface area contributed by atoms with Crippen molar-refractivity contribution in [3.8, 4) is 5.75 Å². The molecule has 0 saturated heterocycles. The molecule has 1 N–H and O–H groups in total. The van der Waals surface area contributed by atoms with Gasteiger partial charge in [0.25, 0.3) is 0 Å². The lowest BCUT2D eigenvalue weighted by Gasteiger charge is -2.19. The summed E-state index contributed by atoms with van der Waals surface area (Å²) < 4.78 is 6.19. The van der Waals surface area contributed by atoms with Gasteiger partial charge in [0.2, 0.25) is 0 Å². The number of allylic oxidation sites excluding steroid dienone is 1. The van der Waals surface area contributed by atoms with Gasteiger partial charge in [0.15, 0.2) is 5.78 Å². The Kier molecular flexibility index (Phi) is 3.35. The fraction of sp³-hybridized carbons (Fsp3) is 0.308. The highest BCUT2D eigenvalue weighted by atomic mass is 79.9. The Labute approximate surface area is 108 Å². The van der Waals surface area contributed by atoms with E-state index in [0.29, 0.717) is 5.75 Å². The predicted octanol–water partition coefficient (Wildman–Crippen LogP) is 2.35. The largest absolute Gasteiger partial charge is 0.496 e. The first-order chi connectivity index (χ1) is 8.04. The van der Waals surface area contributed by atoms with Crippen molar-refractivity contribution >= 4 is 21.7 Å². The van der Waals surface area contributed by atoms with Crippen molar-refractivity contribution < 1.29 is 14.6 Å². The molecule has 0 radical (unpaired) electrons. The zero-order valence-electron chi connectivity index (χ0n) is 9.61. The van der Waals surface area contributed by atoms with Gasteiger partial charge in [-0.15, -0.1) is 0 Å². The van der Waals surface area contributed by atoms with Crippen LogP contribution < -0.4 is 4.74 Å². The van der Waals surface area contributed by atoms with Gasteiger partial charge in [0.1, 0.15) is 5.75 Å². The van der Waals surface area contributed by atoms with E-state index in [1.54, 1.807) is 13.2 Å². The van der Waals surface area contributed by atoms with Gasteiger partial charge in [0.05, 0.1) is 19.1 Å². The van der Waals surface area contributed by atoms with Crippen LogP contribution >= 0.6 is 15.9 Å². The number of hydrogen-bond acceptors (Lipinski definition) is 3. The van der Waals surface area contributed by atoms with Crippen LogP contribution in [0.3, 0.4) is 0 Å². The lowest BCUT2D eigenvalue weighted by molar-refractivity contribution is -0.116. The van der Waals surface area contributed by atoms with Gasteiger partial charge in [-0.3, -0.25) is 4.79 Å². The number of methoxy groups -OCH3 is 1. The molecule has 0 bridgehead atoms. The Morgan fingerprint density at radius 3 is 2.65 bits per heavy atom. The zero-order valence-corrected chi connectivity index (χ0v) is 11.2. The van der Waals surface area contributed by atoms with E-state index in [2.05, 4.69) is 15.9 Å². The molecule has 1 aromatic carbocycles. The van der Waals surface area contributed by atoms with E-state index in [0.717, 1.165) is 15.6 Å². The fourth-order valence-electron chi connectivity index (χ4n) is 2.18. The van der Waals surface area contributed by atoms with E-state index < -0.39 is 12.0 Å². The number of aliphatic hydroxyl groups is 1. The second-order valence-corrected chi connectivity index (χ2v) is 4.98. The molecule has 4 heteroatoms.